The molecule has 6 nitrogen and oxygen atoms in total. The monoisotopic (exact) mass is 504 g/mol. The number of aromatic nitrogens is 2. The average Bonchev–Trinajstić information content (AvgIpc) is 3.38. The van der Waals surface area contributed by atoms with Crippen molar-refractivity contribution in [2.24, 2.45) is 5.92 Å². The maximum atomic E-state index is 13.8. The summed E-state index contributed by atoms with van der Waals surface area (Å²) < 4.78 is 1.81. The van der Waals surface area contributed by atoms with E-state index in [-0.39, 0.29) is 17.5 Å². The molecule has 1 aromatic heterocycles. The van der Waals surface area contributed by atoms with Crippen molar-refractivity contribution in [3.05, 3.63) is 114 Å². The first-order valence-electron chi connectivity index (χ1n) is 13.1. The molecule has 1 saturated heterocycles. The third-order valence-corrected chi connectivity index (χ3v) is 6.97. The van der Waals surface area contributed by atoms with Crippen molar-refractivity contribution in [3.63, 3.8) is 0 Å². The molecule has 0 spiro atoms. The first kappa shape index (κ1) is 25.2. The van der Waals surface area contributed by atoms with Crippen LogP contribution in [0, 0.1) is 12.8 Å². The minimum absolute atomic E-state index is 0.177. The highest BCUT2D eigenvalue weighted by molar-refractivity contribution is 6.05. The molecule has 0 aliphatic carbocycles. The summed E-state index contributed by atoms with van der Waals surface area (Å²) in [6, 6.07) is 27.1. The molecule has 0 bridgehead atoms. The van der Waals surface area contributed by atoms with Gasteiger partial charge in [-0.3, -0.25) is 9.59 Å². The van der Waals surface area contributed by atoms with Gasteiger partial charge in [-0.05, 0) is 56.0 Å². The van der Waals surface area contributed by atoms with Crippen molar-refractivity contribution in [1.82, 2.24) is 20.0 Å². The van der Waals surface area contributed by atoms with Gasteiger partial charge < -0.3 is 10.2 Å². The van der Waals surface area contributed by atoms with E-state index in [0.717, 1.165) is 40.9 Å². The van der Waals surface area contributed by atoms with Gasteiger partial charge in [-0.25, -0.2) is 4.68 Å². The molecular formula is C32H32N4O2. The molecule has 1 N–H and O–H groups in total. The standard InChI is InChI=1S/C32H32N4O2/c1-23-13-15-26(16-14-23)31(37)33-29(32(38)35-19-17-24(2)18-20-35)21-27-22-36(28-11-7-4-8-12-28)34-30(27)25-9-5-3-6-10-25/h3-16,21-22,24H,17-20H2,1-2H3,(H,33,37)/b29-21+. The third kappa shape index (κ3) is 5.75. The molecule has 2 heterocycles. The van der Waals surface area contributed by atoms with Crippen LogP contribution in [0.5, 0.6) is 0 Å². The summed E-state index contributed by atoms with van der Waals surface area (Å²) in [6.07, 6.45) is 5.57. The highest BCUT2D eigenvalue weighted by Crippen LogP contribution is 2.26. The lowest BCUT2D eigenvalue weighted by Crippen LogP contribution is -2.42. The first-order chi connectivity index (χ1) is 18.5. The first-order valence-corrected chi connectivity index (χ1v) is 13.1. The summed E-state index contributed by atoms with van der Waals surface area (Å²) in [5.41, 5.74) is 5.13. The Morgan fingerprint density at radius 2 is 1.53 bits per heavy atom. The van der Waals surface area contributed by atoms with Crippen molar-refractivity contribution in [1.29, 1.82) is 0 Å². The molecule has 3 aromatic carbocycles. The Kier molecular flexibility index (Phi) is 7.50. The van der Waals surface area contributed by atoms with Gasteiger partial charge in [0.05, 0.1) is 5.69 Å². The molecule has 5 rings (SSSR count). The van der Waals surface area contributed by atoms with Gasteiger partial charge in [0.15, 0.2) is 0 Å². The van der Waals surface area contributed by atoms with Crippen LogP contribution in [-0.2, 0) is 4.79 Å². The van der Waals surface area contributed by atoms with Gasteiger partial charge in [0.1, 0.15) is 11.4 Å². The van der Waals surface area contributed by atoms with Crippen LogP contribution in [0.15, 0.2) is 96.8 Å². The van der Waals surface area contributed by atoms with E-state index in [2.05, 4.69) is 12.2 Å². The van der Waals surface area contributed by atoms with Crippen LogP contribution in [-0.4, -0.2) is 39.6 Å². The Balaban J connectivity index is 1.57. The molecule has 0 atom stereocenters. The summed E-state index contributed by atoms with van der Waals surface area (Å²) in [6.45, 7) is 5.53. The smallest absolute Gasteiger partial charge is 0.270 e. The fraction of sp³-hybridized carbons (Fsp3) is 0.219. The molecule has 1 aliphatic heterocycles. The molecule has 1 aliphatic rings. The number of rotatable bonds is 6. The number of para-hydroxylation sites is 1. The van der Waals surface area contributed by atoms with Crippen molar-refractivity contribution in [2.45, 2.75) is 26.7 Å². The largest absolute Gasteiger partial charge is 0.337 e. The number of carbonyl (C=O) groups is 2. The number of carbonyl (C=O) groups excluding carboxylic acids is 2. The second-order valence-corrected chi connectivity index (χ2v) is 9.93. The highest BCUT2D eigenvalue weighted by Gasteiger charge is 2.25. The van der Waals surface area contributed by atoms with E-state index in [1.54, 1.807) is 22.9 Å². The zero-order valence-electron chi connectivity index (χ0n) is 21.8. The predicted octanol–water partition coefficient (Wildman–Crippen LogP) is 5.88. The van der Waals surface area contributed by atoms with E-state index in [4.69, 9.17) is 5.10 Å². The van der Waals surface area contributed by atoms with Crippen LogP contribution in [0.4, 0.5) is 0 Å². The van der Waals surface area contributed by atoms with Crippen LogP contribution >= 0.6 is 0 Å². The fourth-order valence-corrected chi connectivity index (χ4v) is 4.61. The minimum atomic E-state index is -0.313. The molecular weight excluding hydrogens is 472 g/mol. The molecule has 0 saturated carbocycles. The number of aryl methyl sites for hydroxylation is 1. The van der Waals surface area contributed by atoms with Crippen LogP contribution in [0.2, 0.25) is 0 Å². The highest BCUT2D eigenvalue weighted by atomic mass is 16.2. The molecule has 2 amide bonds. The predicted molar refractivity (Wildman–Crippen MR) is 151 cm³/mol. The van der Waals surface area contributed by atoms with Crippen molar-refractivity contribution >= 4 is 17.9 Å². The van der Waals surface area contributed by atoms with Crippen LogP contribution < -0.4 is 5.32 Å². The molecule has 1 fully saturated rings. The van der Waals surface area contributed by atoms with Gasteiger partial charge in [-0.1, -0.05) is 73.2 Å². The molecule has 0 unspecified atom stereocenters. The van der Waals surface area contributed by atoms with Gasteiger partial charge in [-0.15, -0.1) is 0 Å². The Morgan fingerprint density at radius 3 is 2.18 bits per heavy atom. The lowest BCUT2D eigenvalue weighted by Gasteiger charge is -2.31. The molecule has 192 valence electrons. The van der Waals surface area contributed by atoms with Gasteiger partial charge in [0.2, 0.25) is 0 Å². The number of nitrogens with one attached hydrogen (secondary N) is 1. The summed E-state index contributed by atoms with van der Waals surface area (Å²) >= 11 is 0. The van der Waals surface area contributed by atoms with Gasteiger partial charge in [-0.2, -0.15) is 5.10 Å². The van der Waals surface area contributed by atoms with Crippen molar-refractivity contribution in [2.75, 3.05) is 13.1 Å². The average molecular weight is 505 g/mol. The Labute approximate surface area is 223 Å². The Morgan fingerprint density at radius 1 is 0.895 bits per heavy atom. The van der Waals surface area contributed by atoms with Crippen molar-refractivity contribution in [3.8, 4) is 16.9 Å². The maximum Gasteiger partial charge on any atom is 0.270 e. The minimum Gasteiger partial charge on any atom is -0.337 e. The van der Waals surface area contributed by atoms with E-state index in [1.165, 1.54) is 0 Å². The Hall–Kier alpha value is -4.45. The zero-order chi connectivity index (χ0) is 26.5. The van der Waals surface area contributed by atoms with E-state index in [9.17, 15) is 9.59 Å². The summed E-state index contributed by atoms with van der Waals surface area (Å²) in [5, 5.41) is 7.80. The number of nitrogens with zero attached hydrogens (tertiary/aromatic N) is 3. The van der Waals surface area contributed by atoms with E-state index >= 15 is 0 Å². The zero-order valence-corrected chi connectivity index (χ0v) is 21.8. The van der Waals surface area contributed by atoms with Gasteiger partial charge in [0.25, 0.3) is 11.8 Å². The lowest BCUT2D eigenvalue weighted by atomic mass is 9.99. The van der Waals surface area contributed by atoms with Gasteiger partial charge >= 0.3 is 0 Å². The number of piperidine rings is 1. The van der Waals surface area contributed by atoms with Crippen molar-refractivity contribution < 1.29 is 9.59 Å². The number of amides is 2. The molecule has 4 aromatic rings. The number of benzene rings is 3. The number of hydrogen-bond acceptors (Lipinski definition) is 3. The Bertz CT molecular complexity index is 1430. The van der Waals surface area contributed by atoms with E-state index in [1.807, 2.05) is 90.8 Å². The molecule has 0 radical (unpaired) electrons. The summed E-state index contributed by atoms with van der Waals surface area (Å²) in [4.78, 5) is 28.8. The van der Waals surface area contributed by atoms with Crippen LogP contribution in [0.3, 0.4) is 0 Å². The van der Waals surface area contributed by atoms with E-state index < -0.39 is 0 Å². The SMILES string of the molecule is Cc1ccc(C(=O)N/C(=C/c2cn(-c3ccccc3)nc2-c2ccccc2)C(=O)N2CCC(C)CC2)cc1. The molecule has 6 heteroatoms. The second kappa shape index (κ2) is 11.3. The van der Waals surface area contributed by atoms with E-state index in [0.29, 0.717) is 24.6 Å². The number of likely N-dealkylation sites (tertiary alicyclic amines) is 1. The quantitative estimate of drug-likeness (QED) is 0.334. The van der Waals surface area contributed by atoms with Gasteiger partial charge in [0, 0.05) is 36.0 Å². The maximum absolute atomic E-state index is 13.8. The summed E-state index contributed by atoms with van der Waals surface area (Å²) in [5.74, 6) is 0.0953. The fourth-order valence-electron chi connectivity index (χ4n) is 4.61. The third-order valence-electron chi connectivity index (χ3n) is 6.97. The number of hydrogen-bond donors (Lipinski definition) is 1. The topological polar surface area (TPSA) is 67.2 Å². The summed E-state index contributed by atoms with van der Waals surface area (Å²) in [7, 11) is 0. The second-order valence-electron chi connectivity index (χ2n) is 9.93. The molecule has 38 heavy (non-hydrogen) atoms. The lowest BCUT2D eigenvalue weighted by molar-refractivity contribution is -0.128. The van der Waals surface area contributed by atoms with Crippen LogP contribution in [0.1, 0.15) is 41.3 Å². The van der Waals surface area contributed by atoms with Crippen LogP contribution in [0.25, 0.3) is 23.0 Å². The normalized spacial score (nSPS) is 14.4.